The lowest BCUT2D eigenvalue weighted by atomic mass is 9.96. The van der Waals surface area contributed by atoms with E-state index in [9.17, 15) is 18.0 Å². The van der Waals surface area contributed by atoms with Crippen LogP contribution in [0.4, 0.5) is 24.7 Å². The van der Waals surface area contributed by atoms with Crippen molar-refractivity contribution in [1.82, 2.24) is 20.2 Å². The highest BCUT2D eigenvalue weighted by Gasteiger charge is 2.31. The molecule has 0 unspecified atom stereocenters. The average Bonchev–Trinajstić information content (AvgIpc) is 2.87. The second kappa shape index (κ2) is 11.0. The summed E-state index contributed by atoms with van der Waals surface area (Å²) in [5.41, 5.74) is 0.00896. The number of nitrogens with one attached hydrogen (secondary N) is 1. The Balaban J connectivity index is 1.12. The van der Waals surface area contributed by atoms with Gasteiger partial charge in [0.05, 0.1) is 11.8 Å². The number of halogens is 3. The fourth-order valence-corrected chi connectivity index (χ4v) is 4.59. The van der Waals surface area contributed by atoms with Crippen LogP contribution in [0.2, 0.25) is 0 Å². The number of rotatable bonds is 7. The smallest absolute Gasteiger partial charge is 0.369 e. The Morgan fingerprint density at radius 2 is 1.79 bits per heavy atom. The third-order valence-corrected chi connectivity index (χ3v) is 6.60. The summed E-state index contributed by atoms with van der Waals surface area (Å²) in [6.07, 6.45) is 3.22. The molecule has 0 radical (unpaired) electrons. The topological polar surface area (TPSA) is 64.6 Å². The van der Waals surface area contributed by atoms with Crippen LogP contribution in [0.15, 0.2) is 42.9 Å². The predicted molar refractivity (Wildman–Crippen MR) is 125 cm³/mol. The maximum atomic E-state index is 13.0. The molecule has 0 atom stereocenters. The summed E-state index contributed by atoms with van der Waals surface area (Å²) in [6.45, 7) is 6.07. The molecule has 2 aromatic rings. The van der Waals surface area contributed by atoms with Gasteiger partial charge >= 0.3 is 6.18 Å². The molecule has 1 aromatic carbocycles. The van der Waals surface area contributed by atoms with Crippen LogP contribution >= 0.6 is 0 Å². The van der Waals surface area contributed by atoms with Gasteiger partial charge in [-0.3, -0.25) is 14.7 Å². The van der Waals surface area contributed by atoms with Gasteiger partial charge in [-0.05, 0) is 44.0 Å². The number of alkyl halides is 3. The normalized spacial score (nSPS) is 18.2. The third kappa shape index (κ3) is 6.37. The summed E-state index contributed by atoms with van der Waals surface area (Å²) in [6, 6.07) is 5.53. The van der Waals surface area contributed by atoms with Gasteiger partial charge in [-0.1, -0.05) is 6.07 Å². The van der Waals surface area contributed by atoms with Crippen molar-refractivity contribution >= 4 is 17.4 Å². The Labute approximate surface area is 198 Å². The van der Waals surface area contributed by atoms with Gasteiger partial charge in [0.15, 0.2) is 0 Å². The number of nitrogens with zero attached hydrogens (tertiary/aromatic N) is 5. The molecular weight excluding hydrogens is 445 g/mol. The second-order valence-corrected chi connectivity index (χ2v) is 8.85. The number of piperidine rings is 1. The van der Waals surface area contributed by atoms with Gasteiger partial charge in [-0.2, -0.15) is 13.2 Å². The Hall–Kier alpha value is -2.88. The van der Waals surface area contributed by atoms with Crippen molar-refractivity contribution in [3.8, 4) is 0 Å². The van der Waals surface area contributed by atoms with E-state index in [4.69, 9.17) is 0 Å². The highest BCUT2D eigenvalue weighted by molar-refractivity contribution is 5.78. The molecule has 4 rings (SSSR count). The van der Waals surface area contributed by atoms with E-state index in [1.807, 2.05) is 4.90 Å². The summed E-state index contributed by atoms with van der Waals surface area (Å²) < 4.78 is 38.9. The lowest BCUT2D eigenvalue weighted by molar-refractivity contribution is -0.137. The van der Waals surface area contributed by atoms with Crippen molar-refractivity contribution in [2.75, 3.05) is 62.2 Å². The Morgan fingerprint density at radius 1 is 1.03 bits per heavy atom. The van der Waals surface area contributed by atoms with Gasteiger partial charge in [0.2, 0.25) is 5.91 Å². The molecule has 184 valence electrons. The fourth-order valence-electron chi connectivity index (χ4n) is 4.59. The molecule has 2 aliphatic rings. The Kier molecular flexibility index (Phi) is 7.87. The number of carbonyl (C=O) groups excluding carboxylic acids is 1. The molecule has 1 N–H and O–H groups in total. The monoisotopic (exact) mass is 476 g/mol. The zero-order valence-corrected chi connectivity index (χ0v) is 19.2. The number of hydrogen-bond acceptors (Lipinski definition) is 6. The summed E-state index contributed by atoms with van der Waals surface area (Å²) in [5.74, 6) is 1.01. The molecule has 10 heteroatoms. The van der Waals surface area contributed by atoms with Crippen LogP contribution in [-0.2, 0) is 11.0 Å². The SMILES string of the molecule is O=C(NCCCN1CCN(c2cccc(C(F)(F)F)c2)CC1)C1CCN(c2cnccn2)CC1. The molecule has 0 spiro atoms. The molecule has 7 nitrogen and oxygen atoms in total. The van der Waals surface area contributed by atoms with Gasteiger partial charge < -0.3 is 15.1 Å². The number of aromatic nitrogens is 2. The van der Waals surface area contributed by atoms with Crippen LogP contribution in [0.1, 0.15) is 24.8 Å². The standard InChI is InChI=1S/C24H31F3N6O/c25-24(26,27)20-3-1-4-21(17-20)32-15-13-31(14-16-32)10-2-7-30-23(34)19-5-11-33(12-6-19)22-18-28-8-9-29-22/h1,3-4,8-9,17-19H,2,5-7,10-16H2,(H,30,34). The quantitative estimate of drug-likeness (QED) is 0.620. The minimum Gasteiger partial charge on any atom is -0.369 e. The van der Waals surface area contributed by atoms with E-state index in [1.165, 1.54) is 12.1 Å². The van der Waals surface area contributed by atoms with Crippen molar-refractivity contribution in [2.45, 2.75) is 25.4 Å². The maximum absolute atomic E-state index is 13.0. The maximum Gasteiger partial charge on any atom is 0.416 e. The van der Waals surface area contributed by atoms with Crippen molar-refractivity contribution in [1.29, 1.82) is 0 Å². The third-order valence-electron chi connectivity index (χ3n) is 6.60. The van der Waals surface area contributed by atoms with E-state index in [0.717, 1.165) is 63.9 Å². The van der Waals surface area contributed by atoms with Crippen LogP contribution in [0.25, 0.3) is 0 Å². The lowest BCUT2D eigenvalue weighted by Gasteiger charge is -2.36. The highest BCUT2D eigenvalue weighted by Crippen LogP contribution is 2.32. The molecule has 0 bridgehead atoms. The van der Waals surface area contributed by atoms with Crippen molar-refractivity contribution < 1.29 is 18.0 Å². The van der Waals surface area contributed by atoms with Crippen molar-refractivity contribution in [3.05, 3.63) is 48.4 Å². The number of amides is 1. The number of anilines is 2. The van der Waals surface area contributed by atoms with Crippen LogP contribution in [0.5, 0.6) is 0 Å². The molecule has 34 heavy (non-hydrogen) atoms. The molecule has 0 aliphatic carbocycles. The summed E-state index contributed by atoms with van der Waals surface area (Å²) in [5, 5.41) is 3.07. The minimum atomic E-state index is -4.32. The summed E-state index contributed by atoms with van der Waals surface area (Å²) >= 11 is 0. The predicted octanol–water partition coefficient (Wildman–Crippen LogP) is 3.04. The first-order valence-electron chi connectivity index (χ1n) is 11.8. The van der Waals surface area contributed by atoms with E-state index in [2.05, 4.69) is 25.1 Å². The number of piperazine rings is 1. The number of benzene rings is 1. The van der Waals surface area contributed by atoms with Crippen molar-refractivity contribution in [3.63, 3.8) is 0 Å². The van der Waals surface area contributed by atoms with Gasteiger partial charge in [0.1, 0.15) is 5.82 Å². The van der Waals surface area contributed by atoms with E-state index in [1.54, 1.807) is 24.7 Å². The first kappa shape index (κ1) is 24.3. The molecule has 2 aliphatic heterocycles. The molecular formula is C24H31F3N6O. The first-order chi connectivity index (χ1) is 16.4. The highest BCUT2D eigenvalue weighted by atomic mass is 19.4. The average molecular weight is 477 g/mol. The molecule has 2 fully saturated rings. The van der Waals surface area contributed by atoms with E-state index >= 15 is 0 Å². The van der Waals surface area contributed by atoms with E-state index < -0.39 is 11.7 Å². The van der Waals surface area contributed by atoms with Crippen LogP contribution in [-0.4, -0.2) is 73.1 Å². The molecule has 1 amide bonds. The van der Waals surface area contributed by atoms with Gasteiger partial charge in [0.25, 0.3) is 0 Å². The first-order valence-corrected chi connectivity index (χ1v) is 11.8. The molecule has 3 heterocycles. The van der Waals surface area contributed by atoms with Crippen LogP contribution in [0, 0.1) is 5.92 Å². The fraction of sp³-hybridized carbons (Fsp3) is 0.542. The van der Waals surface area contributed by atoms with Crippen molar-refractivity contribution in [2.24, 2.45) is 5.92 Å². The number of hydrogen-bond donors (Lipinski definition) is 1. The van der Waals surface area contributed by atoms with Gasteiger partial charge in [-0.25, -0.2) is 4.98 Å². The van der Waals surface area contributed by atoms with Crippen LogP contribution < -0.4 is 15.1 Å². The summed E-state index contributed by atoms with van der Waals surface area (Å²) in [4.78, 5) is 27.4. The lowest BCUT2D eigenvalue weighted by Crippen LogP contribution is -2.47. The second-order valence-electron chi connectivity index (χ2n) is 8.85. The molecule has 1 aromatic heterocycles. The Bertz CT molecular complexity index is 926. The number of carbonyl (C=O) groups is 1. The van der Waals surface area contributed by atoms with Gasteiger partial charge in [0, 0.05) is 69.8 Å². The van der Waals surface area contributed by atoms with E-state index in [0.29, 0.717) is 25.3 Å². The minimum absolute atomic E-state index is 0.0314. The Morgan fingerprint density at radius 3 is 2.47 bits per heavy atom. The zero-order chi connectivity index (χ0) is 24.0. The molecule has 0 saturated carbocycles. The summed E-state index contributed by atoms with van der Waals surface area (Å²) in [7, 11) is 0. The van der Waals surface area contributed by atoms with Gasteiger partial charge in [-0.15, -0.1) is 0 Å². The van der Waals surface area contributed by atoms with E-state index in [-0.39, 0.29) is 11.8 Å². The molecule has 2 saturated heterocycles. The zero-order valence-electron chi connectivity index (χ0n) is 19.2. The van der Waals surface area contributed by atoms with Crippen LogP contribution in [0.3, 0.4) is 0 Å². The largest absolute Gasteiger partial charge is 0.416 e.